The van der Waals surface area contributed by atoms with E-state index in [0.29, 0.717) is 18.0 Å². The first-order valence-corrected chi connectivity index (χ1v) is 3.90. The van der Waals surface area contributed by atoms with Gasteiger partial charge in [0, 0.05) is 6.07 Å². The van der Waals surface area contributed by atoms with Gasteiger partial charge in [-0.3, -0.25) is 9.79 Å². The number of pyridine rings is 1. The van der Waals surface area contributed by atoms with Crippen molar-refractivity contribution >= 4 is 17.7 Å². The molecular formula is C9H8N2O2. The number of aromatic nitrogens is 1. The second-order valence-electron chi connectivity index (χ2n) is 2.72. The summed E-state index contributed by atoms with van der Waals surface area (Å²) in [4.78, 5) is 19.1. The molecule has 0 N–H and O–H groups in total. The van der Waals surface area contributed by atoms with E-state index in [9.17, 15) is 4.79 Å². The lowest BCUT2D eigenvalue weighted by molar-refractivity contribution is -0.112. The lowest BCUT2D eigenvalue weighted by atomic mass is 10.1. The van der Waals surface area contributed by atoms with Crippen LogP contribution < -0.4 is 4.74 Å². The van der Waals surface area contributed by atoms with E-state index in [1.807, 2.05) is 0 Å². The molecule has 0 saturated carbocycles. The Morgan fingerprint density at radius 1 is 1.46 bits per heavy atom. The SMILES string of the molecule is COc1ccc2c(n1)CC(=O)C=N2. The van der Waals surface area contributed by atoms with Crippen molar-refractivity contribution in [2.75, 3.05) is 7.11 Å². The largest absolute Gasteiger partial charge is 0.481 e. The Balaban J connectivity index is 2.46. The van der Waals surface area contributed by atoms with Gasteiger partial charge in [0.25, 0.3) is 0 Å². The minimum absolute atomic E-state index is 0.0201. The number of carbonyl (C=O) groups is 1. The summed E-state index contributed by atoms with van der Waals surface area (Å²) in [5, 5.41) is 0. The van der Waals surface area contributed by atoms with Gasteiger partial charge < -0.3 is 4.74 Å². The van der Waals surface area contributed by atoms with Crippen LogP contribution in [0.3, 0.4) is 0 Å². The van der Waals surface area contributed by atoms with Crippen molar-refractivity contribution in [3.63, 3.8) is 0 Å². The highest BCUT2D eigenvalue weighted by atomic mass is 16.5. The van der Waals surface area contributed by atoms with E-state index in [1.165, 1.54) is 6.21 Å². The zero-order valence-electron chi connectivity index (χ0n) is 7.15. The lowest BCUT2D eigenvalue weighted by Gasteiger charge is -2.08. The van der Waals surface area contributed by atoms with Crippen molar-refractivity contribution in [3.05, 3.63) is 17.8 Å². The molecule has 0 fully saturated rings. The Bertz CT molecular complexity index is 385. The number of nitrogens with zero attached hydrogens (tertiary/aromatic N) is 2. The first-order valence-electron chi connectivity index (χ1n) is 3.90. The molecule has 0 spiro atoms. The standard InChI is InChI=1S/C9H8N2O2/c1-13-9-3-2-7-8(11-9)4-6(12)5-10-7/h2-3,5H,4H2,1H3. The van der Waals surface area contributed by atoms with Crippen molar-refractivity contribution in [3.8, 4) is 5.88 Å². The Kier molecular flexibility index (Phi) is 1.81. The maximum atomic E-state index is 11.0. The number of rotatable bonds is 1. The van der Waals surface area contributed by atoms with Gasteiger partial charge in [0.2, 0.25) is 5.88 Å². The summed E-state index contributed by atoms with van der Waals surface area (Å²) >= 11 is 0. The summed E-state index contributed by atoms with van der Waals surface area (Å²) in [6.07, 6.45) is 1.65. The third kappa shape index (κ3) is 1.42. The van der Waals surface area contributed by atoms with Gasteiger partial charge in [0.1, 0.15) is 0 Å². The van der Waals surface area contributed by atoms with Crippen LogP contribution in [0.2, 0.25) is 0 Å². The van der Waals surface area contributed by atoms with Crippen LogP contribution in [0, 0.1) is 0 Å². The molecule has 1 aliphatic heterocycles. The molecule has 0 unspecified atom stereocenters. The molecule has 0 radical (unpaired) electrons. The van der Waals surface area contributed by atoms with Gasteiger partial charge in [-0.15, -0.1) is 0 Å². The van der Waals surface area contributed by atoms with Crippen LogP contribution in [0.4, 0.5) is 5.69 Å². The summed E-state index contributed by atoms with van der Waals surface area (Å²) in [6, 6.07) is 3.52. The fourth-order valence-electron chi connectivity index (χ4n) is 1.19. The molecule has 4 nitrogen and oxygen atoms in total. The predicted molar refractivity (Wildman–Crippen MR) is 47.7 cm³/mol. The molecule has 2 rings (SSSR count). The highest BCUT2D eigenvalue weighted by Crippen LogP contribution is 2.23. The van der Waals surface area contributed by atoms with Gasteiger partial charge in [-0.05, 0) is 6.07 Å². The number of ketones is 1. The molecule has 0 aliphatic carbocycles. The molecule has 0 atom stereocenters. The van der Waals surface area contributed by atoms with Gasteiger partial charge in [0.05, 0.1) is 31.1 Å². The molecule has 1 aromatic rings. The molecule has 0 amide bonds. The number of methoxy groups -OCH3 is 1. The number of Topliss-reactive ketones (excluding diaryl/α,β-unsaturated/α-hetero) is 1. The average Bonchev–Trinajstić information content (AvgIpc) is 2.16. The first-order chi connectivity index (χ1) is 6.29. The Hall–Kier alpha value is -1.71. The molecular weight excluding hydrogens is 168 g/mol. The summed E-state index contributed by atoms with van der Waals surface area (Å²) in [6.45, 7) is 0. The number of aliphatic imine (C=N–C) groups is 1. The van der Waals surface area contributed by atoms with E-state index in [2.05, 4.69) is 9.98 Å². The molecule has 4 heteroatoms. The highest BCUT2D eigenvalue weighted by Gasteiger charge is 2.13. The van der Waals surface area contributed by atoms with Crippen molar-refractivity contribution in [1.82, 2.24) is 4.98 Å². The molecule has 13 heavy (non-hydrogen) atoms. The fourth-order valence-corrected chi connectivity index (χ4v) is 1.19. The number of hydrogen-bond donors (Lipinski definition) is 0. The van der Waals surface area contributed by atoms with Crippen molar-refractivity contribution in [2.45, 2.75) is 6.42 Å². The maximum absolute atomic E-state index is 11.0. The van der Waals surface area contributed by atoms with Gasteiger partial charge in [-0.2, -0.15) is 0 Å². The van der Waals surface area contributed by atoms with Crippen molar-refractivity contribution in [2.24, 2.45) is 4.99 Å². The summed E-state index contributed by atoms with van der Waals surface area (Å²) in [5.74, 6) is 0.497. The zero-order chi connectivity index (χ0) is 9.26. The quantitative estimate of drug-likeness (QED) is 0.639. The average molecular weight is 176 g/mol. The molecule has 2 heterocycles. The number of carbonyl (C=O) groups excluding carboxylic acids is 1. The first kappa shape index (κ1) is 7.91. The van der Waals surface area contributed by atoms with Crippen molar-refractivity contribution in [1.29, 1.82) is 0 Å². The third-order valence-corrected chi connectivity index (χ3v) is 1.82. The Morgan fingerprint density at radius 3 is 3.08 bits per heavy atom. The highest BCUT2D eigenvalue weighted by molar-refractivity contribution is 6.29. The van der Waals surface area contributed by atoms with E-state index in [0.717, 1.165) is 5.69 Å². The van der Waals surface area contributed by atoms with Gasteiger partial charge in [-0.1, -0.05) is 0 Å². The molecule has 0 aromatic carbocycles. The number of hydrogen-bond acceptors (Lipinski definition) is 4. The van der Waals surface area contributed by atoms with Crippen LogP contribution in [0.25, 0.3) is 0 Å². The van der Waals surface area contributed by atoms with Crippen LogP contribution in [0.5, 0.6) is 5.88 Å². The van der Waals surface area contributed by atoms with E-state index in [-0.39, 0.29) is 5.78 Å². The van der Waals surface area contributed by atoms with Crippen LogP contribution in [-0.4, -0.2) is 24.1 Å². The molecule has 1 aliphatic rings. The number of fused-ring (bicyclic) bond motifs is 1. The smallest absolute Gasteiger partial charge is 0.213 e. The number of ether oxygens (including phenoxy) is 1. The van der Waals surface area contributed by atoms with Crippen LogP contribution in [0.15, 0.2) is 17.1 Å². The van der Waals surface area contributed by atoms with E-state index >= 15 is 0 Å². The molecule has 0 saturated heterocycles. The fraction of sp³-hybridized carbons (Fsp3) is 0.222. The van der Waals surface area contributed by atoms with Gasteiger partial charge in [0.15, 0.2) is 5.78 Å². The van der Waals surface area contributed by atoms with Crippen molar-refractivity contribution < 1.29 is 9.53 Å². The zero-order valence-corrected chi connectivity index (χ0v) is 7.15. The second kappa shape index (κ2) is 2.97. The van der Waals surface area contributed by atoms with E-state index in [1.54, 1.807) is 19.2 Å². The predicted octanol–water partition coefficient (Wildman–Crippen LogP) is 0.918. The maximum Gasteiger partial charge on any atom is 0.213 e. The summed E-state index contributed by atoms with van der Waals surface area (Å²) < 4.78 is 4.94. The molecule has 1 aromatic heterocycles. The summed E-state index contributed by atoms with van der Waals surface area (Å²) in [7, 11) is 1.54. The molecule has 0 bridgehead atoms. The van der Waals surface area contributed by atoms with E-state index in [4.69, 9.17) is 4.74 Å². The van der Waals surface area contributed by atoms with Crippen LogP contribution >= 0.6 is 0 Å². The van der Waals surface area contributed by atoms with Crippen LogP contribution in [-0.2, 0) is 11.2 Å². The lowest BCUT2D eigenvalue weighted by Crippen LogP contribution is -2.10. The normalized spacial score (nSPS) is 14.1. The Labute approximate surface area is 75.3 Å². The minimum atomic E-state index is -0.0201. The Morgan fingerprint density at radius 2 is 2.31 bits per heavy atom. The van der Waals surface area contributed by atoms with Gasteiger partial charge in [-0.25, -0.2) is 4.98 Å². The monoisotopic (exact) mass is 176 g/mol. The summed E-state index contributed by atoms with van der Waals surface area (Å²) in [5.41, 5.74) is 1.44. The van der Waals surface area contributed by atoms with Crippen LogP contribution in [0.1, 0.15) is 5.69 Å². The molecule has 66 valence electrons. The second-order valence-corrected chi connectivity index (χ2v) is 2.72. The third-order valence-electron chi connectivity index (χ3n) is 1.82. The van der Waals surface area contributed by atoms with Gasteiger partial charge >= 0.3 is 0 Å². The minimum Gasteiger partial charge on any atom is -0.481 e. The topological polar surface area (TPSA) is 51.5 Å². The van der Waals surface area contributed by atoms with E-state index < -0.39 is 0 Å².